The van der Waals surface area contributed by atoms with Gasteiger partial charge in [0.1, 0.15) is 40.1 Å². The van der Waals surface area contributed by atoms with Crippen molar-refractivity contribution in [1.29, 1.82) is 0 Å². The van der Waals surface area contributed by atoms with Crippen molar-refractivity contribution < 1.29 is 37.4 Å². The first-order valence-electron chi connectivity index (χ1n) is 16.6. The van der Waals surface area contributed by atoms with Crippen LogP contribution in [0, 0.1) is 11.6 Å². The fourth-order valence-corrected chi connectivity index (χ4v) is 6.47. The van der Waals surface area contributed by atoms with Gasteiger partial charge in [-0.05, 0) is 64.1 Å². The molecule has 1 fully saturated rings. The summed E-state index contributed by atoms with van der Waals surface area (Å²) in [7, 11) is 4.73. The molecule has 0 spiro atoms. The molecule has 4 aromatic rings. The Kier molecular flexibility index (Phi) is 9.51. The third kappa shape index (κ3) is 6.67. The first kappa shape index (κ1) is 36.0. The van der Waals surface area contributed by atoms with E-state index in [1.54, 1.807) is 82.0 Å². The van der Waals surface area contributed by atoms with Crippen LogP contribution in [0.2, 0.25) is 0 Å². The molecular formula is C38H40F2N6O6. The predicted octanol–water partition coefficient (Wildman–Crippen LogP) is 6.26. The predicted molar refractivity (Wildman–Crippen MR) is 188 cm³/mol. The number of hydrogen-bond acceptors (Lipinski definition) is 9. The normalized spacial score (nSPS) is 17.3. The smallest absolute Gasteiger partial charge is 0.411 e. The van der Waals surface area contributed by atoms with Gasteiger partial charge in [0.05, 0.1) is 55.5 Å². The number of likely N-dealkylation sites (N-methyl/N-ethyl adjacent to an activating group) is 1. The Morgan fingerprint density at radius 1 is 0.981 bits per heavy atom. The summed E-state index contributed by atoms with van der Waals surface area (Å²) < 4.78 is 46.6. The van der Waals surface area contributed by atoms with Gasteiger partial charge in [0, 0.05) is 43.5 Å². The fraction of sp³-hybridized carbons (Fsp3) is 0.342. The van der Waals surface area contributed by atoms with Crippen molar-refractivity contribution in [3.05, 3.63) is 94.8 Å². The molecule has 52 heavy (non-hydrogen) atoms. The number of nitrogens with zero attached hydrogens (tertiary/aromatic N) is 5. The number of amides is 3. The highest BCUT2D eigenvalue weighted by Crippen LogP contribution is 2.38. The van der Waals surface area contributed by atoms with Crippen LogP contribution in [-0.2, 0) is 28.2 Å². The summed E-state index contributed by atoms with van der Waals surface area (Å²) in [5.41, 5.74) is -0.645. The maximum atomic E-state index is 15.0. The van der Waals surface area contributed by atoms with Gasteiger partial charge < -0.3 is 29.3 Å². The molecule has 4 heterocycles. The number of fused-ring (bicyclic) bond motifs is 1. The number of methoxy groups -OCH3 is 2. The molecule has 2 aliphatic heterocycles. The molecule has 1 unspecified atom stereocenters. The van der Waals surface area contributed by atoms with Crippen molar-refractivity contribution in [3.8, 4) is 22.8 Å². The minimum Gasteiger partial charge on any atom is -0.497 e. The number of ether oxygens (including phenoxy) is 3. The lowest BCUT2D eigenvalue weighted by Gasteiger charge is -2.46. The zero-order chi connectivity index (χ0) is 37.5. The van der Waals surface area contributed by atoms with Crippen LogP contribution in [-0.4, -0.2) is 82.5 Å². The summed E-state index contributed by atoms with van der Waals surface area (Å²) in [6.07, 6.45) is 0.842. The molecule has 1 saturated heterocycles. The number of piperazine rings is 1. The number of aromatic nitrogens is 2. The first-order valence-corrected chi connectivity index (χ1v) is 16.6. The highest BCUT2D eigenvalue weighted by Gasteiger charge is 2.50. The van der Waals surface area contributed by atoms with Crippen LogP contribution in [0.5, 0.6) is 11.5 Å². The van der Waals surface area contributed by atoms with E-state index < -0.39 is 28.9 Å². The van der Waals surface area contributed by atoms with Gasteiger partial charge in [0.25, 0.3) is 11.8 Å². The van der Waals surface area contributed by atoms with Gasteiger partial charge in [0.2, 0.25) is 0 Å². The average Bonchev–Trinajstić information content (AvgIpc) is 3.41. The average molecular weight is 715 g/mol. The maximum Gasteiger partial charge on any atom is 0.411 e. The van der Waals surface area contributed by atoms with Crippen LogP contribution in [0.15, 0.2) is 60.8 Å². The van der Waals surface area contributed by atoms with E-state index in [-0.39, 0.29) is 59.8 Å². The maximum absolute atomic E-state index is 15.0. The van der Waals surface area contributed by atoms with E-state index in [4.69, 9.17) is 14.2 Å². The number of carbonyl (C=O) groups excluding carboxylic acids is 3. The van der Waals surface area contributed by atoms with E-state index in [1.807, 2.05) is 0 Å². The van der Waals surface area contributed by atoms with Gasteiger partial charge >= 0.3 is 6.09 Å². The molecular weight excluding hydrogens is 674 g/mol. The van der Waals surface area contributed by atoms with Crippen LogP contribution in [0.25, 0.3) is 11.3 Å². The van der Waals surface area contributed by atoms with Crippen molar-refractivity contribution in [3.63, 3.8) is 0 Å². The number of hydrogen-bond donors (Lipinski definition) is 1. The minimum atomic E-state index is -1.42. The molecule has 2 aromatic heterocycles. The van der Waals surface area contributed by atoms with E-state index >= 15 is 8.78 Å². The zero-order valence-corrected chi connectivity index (χ0v) is 30.0. The molecule has 1 atom stereocenters. The third-order valence-corrected chi connectivity index (χ3v) is 9.17. The Hall–Kier alpha value is -5.79. The summed E-state index contributed by atoms with van der Waals surface area (Å²) in [6.45, 7) is 7.70. The van der Waals surface area contributed by atoms with Crippen LogP contribution < -0.4 is 14.8 Å². The number of benzene rings is 2. The van der Waals surface area contributed by atoms with E-state index in [1.165, 1.54) is 30.3 Å². The lowest BCUT2D eigenvalue weighted by atomic mass is 9.88. The first-order chi connectivity index (χ1) is 24.6. The number of rotatable bonds is 8. The van der Waals surface area contributed by atoms with Gasteiger partial charge in [-0.3, -0.25) is 14.5 Å². The molecule has 1 N–H and O–H groups in total. The van der Waals surface area contributed by atoms with Gasteiger partial charge in [-0.1, -0.05) is 12.1 Å². The topological polar surface area (TPSA) is 126 Å². The summed E-state index contributed by atoms with van der Waals surface area (Å²) in [4.78, 5) is 54.6. The van der Waals surface area contributed by atoms with Crippen LogP contribution in [0.4, 0.5) is 25.1 Å². The third-order valence-electron chi connectivity index (χ3n) is 9.17. The van der Waals surface area contributed by atoms with E-state index in [0.29, 0.717) is 34.9 Å². The van der Waals surface area contributed by atoms with E-state index in [9.17, 15) is 14.4 Å². The Balaban J connectivity index is 1.36. The number of nitrogens with one attached hydrogen (secondary N) is 1. The van der Waals surface area contributed by atoms with Gasteiger partial charge in [-0.25, -0.2) is 23.5 Å². The second-order valence-corrected chi connectivity index (χ2v) is 13.8. The molecule has 3 amide bonds. The Bertz CT molecular complexity index is 2030. The van der Waals surface area contributed by atoms with Crippen molar-refractivity contribution >= 4 is 29.4 Å². The number of anilines is 2. The molecule has 2 aliphatic rings. The number of carbonyl (C=O) groups is 3. The molecule has 0 saturated carbocycles. The monoisotopic (exact) mass is 714 g/mol. The summed E-state index contributed by atoms with van der Waals surface area (Å²) in [6, 6.07) is 13.5. The highest BCUT2D eigenvalue weighted by molar-refractivity contribution is 6.04. The number of pyridine rings is 2. The van der Waals surface area contributed by atoms with Gasteiger partial charge in [-0.15, -0.1) is 0 Å². The standard InChI is InChI=1S/C38H40F2N6O6/c1-37(2,3)52-36(49)46-16-15-44(5)35(48)38(46,4)23-12-14-31(41-19-23)43-28-18-27(32-25(39)9-8-10-26(32)40)42-29-21-45(34(47)33(28)29)20-22-11-13-24(50-6)17-30(22)51-7/h8-14,17-19H,15-16,20-21H2,1-7H3,(H,41,42,43). The van der Waals surface area contributed by atoms with Crippen LogP contribution in [0.3, 0.4) is 0 Å². The molecule has 0 radical (unpaired) electrons. The quantitative estimate of drug-likeness (QED) is 0.225. The lowest BCUT2D eigenvalue weighted by molar-refractivity contribution is -0.148. The minimum absolute atomic E-state index is 0.0125. The molecule has 2 aromatic carbocycles. The van der Waals surface area contributed by atoms with Crippen LogP contribution in [0.1, 0.15) is 54.9 Å². The SMILES string of the molecule is COc1ccc(CN2Cc3nc(-c4c(F)cccc4F)cc(Nc4ccc(C5(C)C(=O)N(C)CCN5C(=O)OC(C)(C)C)cn4)c3C2=O)c(OC)c1. The molecule has 0 bridgehead atoms. The van der Waals surface area contributed by atoms with Gasteiger partial charge in [-0.2, -0.15) is 0 Å². The molecule has 12 nitrogen and oxygen atoms in total. The molecule has 6 rings (SSSR count). The lowest BCUT2D eigenvalue weighted by Crippen LogP contribution is -2.63. The van der Waals surface area contributed by atoms with E-state index in [2.05, 4.69) is 15.3 Å². The van der Waals surface area contributed by atoms with Crippen molar-refractivity contribution in [2.24, 2.45) is 0 Å². The summed E-state index contributed by atoms with van der Waals surface area (Å²) in [5.74, 6) is -0.916. The van der Waals surface area contributed by atoms with Crippen molar-refractivity contribution in [2.45, 2.75) is 51.9 Å². The second kappa shape index (κ2) is 13.7. The summed E-state index contributed by atoms with van der Waals surface area (Å²) in [5, 5.41) is 3.15. The van der Waals surface area contributed by atoms with Crippen molar-refractivity contribution in [1.82, 2.24) is 24.7 Å². The van der Waals surface area contributed by atoms with E-state index in [0.717, 1.165) is 12.1 Å². The Labute approximate surface area is 300 Å². The molecule has 272 valence electrons. The van der Waals surface area contributed by atoms with Crippen molar-refractivity contribution in [2.75, 3.05) is 39.7 Å². The largest absolute Gasteiger partial charge is 0.497 e. The fourth-order valence-electron chi connectivity index (χ4n) is 6.47. The second-order valence-electron chi connectivity index (χ2n) is 13.8. The summed E-state index contributed by atoms with van der Waals surface area (Å²) >= 11 is 0. The molecule has 0 aliphatic carbocycles. The van der Waals surface area contributed by atoms with Gasteiger partial charge in [0.15, 0.2) is 0 Å². The van der Waals surface area contributed by atoms with Crippen LogP contribution >= 0.6 is 0 Å². The Morgan fingerprint density at radius 3 is 2.35 bits per heavy atom. The zero-order valence-electron chi connectivity index (χ0n) is 30.0. The Morgan fingerprint density at radius 2 is 1.71 bits per heavy atom. The number of halogens is 2. The highest BCUT2D eigenvalue weighted by atomic mass is 19.1. The molecule has 14 heteroatoms.